The van der Waals surface area contributed by atoms with Gasteiger partial charge in [0.2, 0.25) is 0 Å². The summed E-state index contributed by atoms with van der Waals surface area (Å²) >= 11 is 0. The Hall–Kier alpha value is -1.40. The van der Waals surface area contributed by atoms with Gasteiger partial charge in [0.25, 0.3) is 10.2 Å². The molecule has 0 amide bonds. The van der Waals surface area contributed by atoms with Gasteiger partial charge in [0.1, 0.15) is 0 Å². The maximum absolute atomic E-state index is 11.4. The monoisotopic (exact) mass is 254 g/mol. The first kappa shape index (κ1) is 11.1. The van der Waals surface area contributed by atoms with Crippen molar-refractivity contribution in [2.75, 3.05) is 0 Å². The Morgan fingerprint density at radius 3 is 1.62 bits per heavy atom. The highest BCUT2D eigenvalue weighted by Crippen LogP contribution is 2.29. The predicted molar refractivity (Wildman–Crippen MR) is 61.3 cm³/mol. The maximum Gasteiger partial charge on any atom is 0.265 e. The van der Waals surface area contributed by atoms with E-state index in [1.54, 1.807) is 24.3 Å². The van der Waals surface area contributed by atoms with Gasteiger partial charge in [-0.3, -0.25) is 9.59 Å². The lowest BCUT2D eigenvalue weighted by molar-refractivity contribution is 0.105. The van der Waals surface area contributed by atoms with Crippen LogP contribution in [0.3, 0.4) is 0 Å². The SMILES string of the molecule is O=C(SSC(=O)c1ccco1)c1ccco1. The van der Waals surface area contributed by atoms with Gasteiger partial charge in [-0.1, -0.05) is 0 Å². The summed E-state index contributed by atoms with van der Waals surface area (Å²) in [4.78, 5) is 22.9. The summed E-state index contributed by atoms with van der Waals surface area (Å²) in [6.07, 6.45) is 2.82. The van der Waals surface area contributed by atoms with Crippen molar-refractivity contribution < 1.29 is 18.4 Å². The summed E-state index contributed by atoms with van der Waals surface area (Å²) in [7, 11) is 1.63. The van der Waals surface area contributed by atoms with E-state index in [2.05, 4.69) is 0 Å². The molecule has 0 fully saturated rings. The van der Waals surface area contributed by atoms with Gasteiger partial charge in [0.15, 0.2) is 11.5 Å². The number of hydrogen-bond donors (Lipinski definition) is 0. The van der Waals surface area contributed by atoms with E-state index >= 15 is 0 Å². The molecule has 0 aliphatic rings. The van der Waals surface area contributed by atoms with Gasteiger partial charge in [0.05, 0.1) is 12.5 Å². The summed E-state index contributed by atoms with van der Waals surface area (Å²) in [6, 6.07) is 6.33. The Bertz CT molecular complexity index is 427. The Morgan fingerprint density at radius 1 is 0.875 bits per heavy atom. The van der Waals surface area contributed by atoms with Gasteiger partial charge in [-0.25, -0.2) is 0 Å². The highest BCUT2D eigenvalue weighted by Gasteiger charge is 2.16. The van der Waals surface area contributed by atoms with E-state index in [1.165, 1.54) is 12.5 Å². The summed E-state index contributed by atoms with van der Waals surface area (Å²) in [5.41, 5.74) is 0. The topological polar surface area (TPSA) is 60.4 Å². The minimum Gasteiger partial charge on any atom is -0.460 e. The van der Waals surface area contributed by atoms with Gasteiger partial charge in [-0.05, 0) is 45.9 Å². The van der Waals surface area contributed by atoms with Crippen molar-refractivity contribution in [3.63, 3.8) is 0 Å². The molecule has 0 N–H and O–H groups in total. The molecule has 0 saturated carbocycles. The van der Waals surface area contributed by atoms with Crippen LogP contribution in [0.5, 0.6) is 0 Å². The molecular weight excluding hydrogens is 248 g/mol. The van der Waals surface area contributed by atoms with Gasteiger partial charge in [0, 0.05) is 0 Å². The largest absolute Gasteiger partial charge is 0.460 e. The lowest BCUT2D eigenvalue weighted by Crippen LogP contribution is -1.92. The second kappa shape index (κ2) is 5.09. The first-order chi connectivity index (χ1) is 7.77. The Morgan fingerprint density at radius 2 is 1.31 bits per heavy atom. The summed E-state index contributed by atoms with van der Waals surface area (Å²) < 4.78 is 9.80. The summed E-state index contributed by atoms with van der Waals surface area (Å²) in [5, 5.41) is -0.593. The van der Waals surface area contributed by atoms with Crippen molar-refractivity contribution >= 4 is 31.8 Å². The third kappa shape index (κ3) is 2.59. The third-order valence-corrected chi connectivity index (χ3v) is 3.58. The van der Waals surface area contributed by atoms with E-state index in [-0.39, 0.29) is 21.8 Å². The molecule has 0 radical (unpaired) electrons. The number of hydrogen-bond acceptors (Lipinski definition) is 6. The molecule has 16 heavy (non-hydrogen) atoms. The van der Waals surface area contributed by atoms with Crippen LogP contribution in [0.25, 0.3) is 0 Å². The fourth-order valence-electron chi connectivity index (χ4n) is 0.947. The van der Waals surface area contributed by atoms with Crippen LogP contribution in [0.2, 0.25) is 0 Å². The van der Waals surface area contributed by atoms with Gasteiger partial charge < -0.3 is 8.83 Å². The molecule has 2 aromatic heterocycles. The first-order valence-electron chi connectivity index (χ1n) is 4.27. The molecule has 2 rings (SSSR count). The molecule has 4 nitrogen and oxygen atoms in total. The van der Waals surface area contributed by atoms with Crippen LogP contribution < -0.4 is 0 Å². The molecule has 82 valence electrons. The van der Waals surface area contributed by atoms with E-state index in [0.29, 0.717) is 0 Å². The zero-order chi connectivity index (χ0) is 11.4. The average Bonchev–Trinajstić information content (AvgIpc) is 2.95. The number of rotatable bonds is 2. The Labute approximate surface area is 98.8 Å². The van der Waals surface area contributed by atoms with Crippen molar-refractivity contribution in [2.24, 2.45) is 0 Å². The molecule has 0 aromatic carbocycles. The van der Waals surface area contributed by atoms with E-state index in [0.717, 1.165) is 21.6 Å². The first-order valence-corrected chi connectivity index (χ1v) is 6.42. The molecule has 0 saturated heterocycles. The van der Waals surface area contributed by atoms with Gasteiger partial charge in [-0.15, -0.1) is 0 Å². The minimum absolute atomic E-state index is 0.227. The molecule has 0 aliphatic heterocycles. The standard InChI is InChI=1S/C10H6O4S2/c11-9(7-3-1-5-13-7)15-16-10(12)8-4-2-6-14-8/h1-6H. The van der Waals surface area contributed by atoms with Gasteiger partial charge >= 0.3 is 0 Å². The van der Waals surface area contributed by atoms with E-state index in [4.69, 9.17) is 8.83 Å². The van der Waals surface area contributed by atoms with Crippen LogP contribution in [-0.2, 0) is 0 Å². The maximum atomic E-state index is 11.4. The Kier molecular flexibility index (Phi) is 3.53. The van der Waals surface area contributed by atoms with Crippen LogP contribution in [0.15, 0.2) is 45.6 Å². The summed E-state index contributed by atoms with van der Waals surface area (Å²) in [6.45, 7) is 0. The minimum atomic E-state index is -0.296. The van der Waals surface area contributed by atoms with Crippen molar-refractivity contribution in [2.45, 2.75) is 0 Å². The van der Waals surface area contributed by atoms with Crippen LogP contribution in [0.4, 0.5) is 0 Å². The number of carbonyl (C=O) groups excluding carboxylic acids is 2. The molecule has 0 spiro atoms. The van der Waals surface area contributed by atoms with Crippen molar-refractivity contribution in [3.05, 3.63) is 48.3 Å². The fourth-order valence-corrected chi connectivity index (χ4v) is 2.44. The fraction of sp³-hybridized carbons (Fsp3) is 0. The summed E-state index contributed by atoms with van der Waals surface area (Å²) in [5.74, 6) is 0.453. The Balaban J connectivity index is 1.89. The van der Waals surface area contributed by atoms with Crippen molar-refractivity contribution in [1.29, 1.82) is 0 Å². The zero-order valence-corrected chi connectivity index (χ0v) is 9.55. The second-order valence-corrected chi connectivity index (χ2v) is 4.77. The predicted octanol–water partition coefficient (Wildman–Crippen LogP) is 3.23. The highest BCUT2D eigenvalue weighted by molar-refractivity contribution is 8.87. The molecule has 0 bridgehead atoms. The lowest BCUT2D eigenvalue weighted by atomic mass is 10.5. The lowest BCUT2D eigenvalue weighted by Gasteiger charge is -1.94. The second-order valence-electron chi connectivity index (χ2n) is 2.70. The normalized spacial score (nSPS) is 10.2. The van der Waals surface area contributed by atoms with Crippen LogP contribution in [0, 0.1) is 0 Å². The molecule has 0 atom stereocenters. The molecule has 2 aromatic rings. The van der Waals surface area contributed by atoms with E-state index in [9.17, 15) is 9.59 Å². The average molecular weight is 254 g/mol. The molecule has 6 heteroatoms. The quantitative estimate of drug-likeness (QED) is 0.767. The molecule has 0 unspecified atom stereocenters. The zero-order valence-electron chi connectivity index (χ0n) is 7.91. The highest BCUT2D eigenvalue weighted by atomic mass is 33.1. The van der Waals surface area contributed by atoms with Crippen LogP contribution >= 0.6 is 21.6 Å². The van der Waals surface area contributed by atoms with E-state index in [1.807, 2.05) is 0 Å². The number of furan rings is 2. The van der Waals surface area contributed by atoms with Crippen molar-refractivity contribution in [1.82, 2.24) is 0 Å². The molecule has 0 aliphatic carbocycles. The van der Waals surface area contributed by atoms with Crippen LogP contribution in [-0.4, -0.2) is 10.2 Å². The van der Waals surface area contributed by atoms with E-state index < -0.39 is 0 Å². The molecule has 2 heterocycles. The third-order valence-electron chi connectivity index (χ3n) is 1.64. The number of carbonyl (C=O) groups is 2. The van der Waals surface area contributed by atoms with Crippen molar-refractivity contribution in [3.8, 4) is 0 Å². The smallest absolute Gasteiger partial charge is 0.265 e. The molecular formula is C10H6O4S2. The van der Waals surface area contributed by atoms with Gasteiger partial charge in [-0.2, -0.15) is 0 Å². The van der Waals surface area contributed by atoms with Crippen LogP contribution in [0.1, 0.15) is 21.1 Å².